The minimum Gasteiger partial charge on any atom is -0.373 e. The molecule has 0 saturated heterocycles. The van der Waals surface area contributed by atoms with Crippen LogP contribution in [0.5, 0.6) is 0 Å². The van der Waals surface area contributed by atoms with Gasteiger partial charge < -0.3 is 5.32 Å². The Hall–Kier alpha value is -0.940. The lowest BCUT2D eigenvalue weighted by Crippen LogP contribution is -2.09. The van der Waals surface area contributed by atoms with Crippen LogP contribution >= 0.6 is 27.3 Å². The SMILES string of the molecule is Cc1ccsc1C(C)Nc1c(F)cc(Br)cc1F. The van der Waals surface area contributed by atoms with Crippen molar-refractivity contribution in [2.24, 2.45) is 0 Å². The Bertz CT molecular complexity index is 545. The first-order valence-corrected chi connectivity index (χ1v) is 7.11. The summed E-state index contributed by atoms with van der Waals surface area (Å²) in [5, 5.41) is 4.86. The molecule has 0 fully saturated rings. The Labute approximate surface area is 117 Å². The molecular formula is C13H12BrF2NS. The number of thiophene rings is 1. The molecule has 1 nitrogen and oxygen atoms in total. The largest absolute Gasteiger partial charge is 0.373 e. The van der Waals surface area contributed by atoms with Crippen molar-refractivity contribution >= 4 is 33.0 Å². The summed E-state index contributed by atoms with van der Waals surface area (Å²) in [5.41, 5.74) is 1.04. The normalized spacial score (nSPS) is 12.5. The Morgan fingerprint density at radius 3 is 2.39 bits per heavy atom. The minimum atomic E-state index is -0.595. The van der Waals surface area contributed by atoms with E-state index in [1.165, 1.54) is 12.1 Å². The monoisotopic (exact) mass is 331 g/mol. The zero-order valence-electron chi connectivity index (χ0n) is 9.93. The van der Waals surface area contributed by atoms with Gasteiger partial charge in [-0.05, 0) is 43.0 Å². The molecule has 1 N–H and O–H groups in total. The number of rotatable bonds is 3. The summed E-state index contributed by atoms with van der Waals surface area (Å²) in [6, 6.07) is 4.36. The summed E-state index contributed by atoms with van der Waals surface area (Å²) < 4.78 is 27.8. The Morgan fingerprint density at radius 1 is 1.28 bits per heavy atom. The van der Waals surface area contributed by atoms with Crippen molar-refractivity contribution in [3.05, 3.63) is 50.1 Å². The van der Waals surface area contributed by atoms with Gasteiger partial charge >= 0.3 is 0 Å². The highest BCUT2D eigenvalue weighted by molar-refractivity contribution is 9.10. The molecule has 2 aromatic rings. The lowest BCUT2D eigenvalue weighted by Gasteiger charge is -2.16. The third-order valence-corrected chi connectivity index (χ3v) is 4.32. The van der Waals surface area contributed by atoms with Gasteiger partial charge in [0.2, 0.25) is 0 Å². The third kappa shape index (κ3) is 2.72. The van der Waals surface area contributed by atoms with E-state index in [1.54, 1.807) is 11.3 Å². The van der Waals surface area contributed by atoms with E-state index >= 15 is 0 Å². The van der Waals surface area contributed by atoms with Gasteiger partial charge in [-0.15, -0.1) is 11.3 Å². The van der Waals surface area contributed by atoms with Crippen molar-refractivity contribution < 1.29 is 8.78 Å². The van der Waals surface area contributed by atoms with Crippen molar-refractivity contribution in [2.45, 2.75) is 19.9 Å². The number of hydrogen-bond donors (Lipinski definition) is 1. The predicted molar refractivity (Wildman–Crippen MR) is 75.2 cm³/mol. The zero-order valence-corrected chi connectivity index (χ0v) is 12.3. The van der Waals surface area contributed by atoms with Crippen LogP contribution in [0, 0.1) is 18.6 Å². The van der Waals surface area contributed by atoms with Crippen LogP contribution < -0.4 is 5.32 Å². The van der Waals surface area contributed by atoms with Crippen LogP contribution in [0.4, 0.5) is 14.5 Å². The quantitative estimate of drug-likeness (QED) is 0.807. The molecule has 0 aliphatic rings. The first kappa shape index (κ1) is 13.5. The number of benzene rings is 1. The van der Waals surface area contributed by atoms with E-state index in [0.717, 1.165) is 10.4 Å². The molecule has 1 atom stereocenters. The molecule has 0 spiro atoms. The highest BCUT2D eigenvalue weighted by atomic mass is 79.9. The molecule has 96 valence electrons. The molecule has 2 rings (SSSR count). The summed E-state index contributed by atoms with van der Waals surface area (Å²) in [5.74, 6) is -1.19. The fourth-order valence-corrected chi connectivity index (χ4v) is 3.13. The van der Waals surface area contributed by atoms with Crippen molar-refractivity contribution in [3.8, 4) is 0 Å². The van der Waals surface area contributed by atoms with E-state index in [4.69, 9.17) is 0 Å². The van der Waals surface area contributed by atoms with Crippen LogP contribution in [0.25, 0.3) is 0 Å². The van der Waals surface area contributed by atoms with Crippen LogP contribution in [0.2, 0.25) is 0 Å². The maximum Gasteiger partial charge on any atom is 0.150 e. The molecule has 1 aromatic carbocycles. The maximum atomic E-state index is 13.7. The van der Waals surface area contributed by atoms with Gasteiger partial charge in [-0.1, -0.05) is 15.9 Å². The van der Waals surface area contributed by atoms with Gasteiger partial charge in [-0.25, -0.2) is 8.78 Å². The smallest absolute Gasteiger partial charge is 0.150 e. The molecule has 5 heteroatoms. The predicted octanol–water partition coefficient (Wildman–Crippen LogP) is 5.27. The van der Waals surface area contributed by atoms with Gasteiger partial charge in [0.25, 0.3) is 0 Å². The molecule has 1 unspecified atom stereocenters. The third-order valence-electron chi connectivity index (χ3n) is 2.66. The number of aryl methyl sites for hydroxylation is 1. The van der Waals surface area contributed by atoms with Gasteiger partial charge in [0.05, 0.1) is 6.04 Å². The van der Waals surface area contributed by atoms with Crippen LogP contribution in [0.1, 0.15) is 23.4 Å². The number of halogens is 3. The van der Waals surface area contributed by atoms with Gasteiger partial charge in [-0.2, -0.15) is 0 Å². The average Bonchev–Trinajstić information content (AvgIpc) is 2.69. The fraction of sp³-hybridized carbons (Fsp3) is 0.231. The van der Waals surface area contributed by atoms with E-state index in [-0.39, 0.29) is 11.7 Å². The van der Waals surface area contributed by atoms with E-state index in [9.17, 15) is 8.78 Å². The first-order valence-electron chi connectivity index (χ1n) is 5.44. The molecule has 18 heavy (non-hydrogen) atoms. The molecule has 0 aliphatic heterocycles. The maximum absolute atomic E-state index is 13.7. The first-order chi connectivity index (χ1) is 8.49. The molecule has 0 radical (unpaired) electrons. The van der Waals surface area contributed by atoms with Crippen molar-refractivity contribution in [3.63, 3.8) is 0 Å². The van der Waals surface area contributed by atoms with Crippen molar-refractivity contribution in [1.29, 1.82) is 0 Å². The minimum absolute atomic E-state index is 0.0847. The van der Waals surface area contributed by atoms with Gasteiger partial charge in [-0.3, -0.25) is 0 Å². The summed E-state index contributed by atoms with van der Waals surface area (Å²) in [7, 11) is 0. The molecule has 0 bridgehead atoms. The van der Waals surface area contributed by atoms with E-state index in [2.05, 4.69) is 21.2 Å². The van der Waals surface area contributed by atoms with E-state index in [1.807, 2.05) is 25.3 Å². The summed E-state index contributed by atoms with van der Waals surface area (Å²) >= 11 is 4.63. The lowest BCUT2D eigenvalue weighted by molar-refractivity contribution is 0.583. The number of hydrogen-bond acceptors (Lipinski definition) is 2. The molecule has 1 aromatic heterocycles. The summed E-state index contributed by atoms with van der Waals surface area (Å²) in [4.78, 5) is 1.08. The van der Waals surface area contributed by atoms with Crippen LogP contribution in [-0.2, 0) is 0 Å². The number of anilines is 1. The van der Waals surface area contributed by atoms with E-state index < -0.39 is 11.6 Å². The number of nitrogens with one attached hydrogen (secondary N) is 1. The Kier molecular flexibility index (Phi) is 4.02. The second kappa shape index (κ2) is 5.36. The van der Waals surface area contributed by atoms with E-state index in [0.29, 0.717) is 4.47 Å². The second-order valence-corrected chi connectivity index (χ2v) is 5.94. The van der Waals surface area contributed by atoms with Crippen LogP contribution in [0.15, 0.2) is 28.1 Å². The highest BCUT2D eigenvalue weighted by Crippen LogP contribution is 2.30. The van der Waals surface area contributed by atoms with Crippen molar-refractivity contribution in [2.75, 3.05) is 5.32 Å². The summed E-state index contributed by atoms with van der Waals surface area (Å²) in [6.07, 6.45) is 0. The molecule has 1 heterocycles. The molecule has 0 amide bonds. The molecule has 0 aliphatic carbocycles. The van der Waals surface area contributed by atoms with Gasteiger partial charge in [0, 0.05) is 9.35 Å². The fourth-order valence-electron chi connectivity index (χ4n) is 1.79. The van der Waals surface area contributed by atoms with Crippen molar-refractivity contribution in [1.82, 2.24) is 0 Å². The Balaban J connectivity index is 2.27. The molecule has 0 saturated carbocycles. The zero-order chi connectivity index (χ0) is 13.3. The van der Waals surface area contributed by atoms with Gasteiger partial charge in [0.15, 0.2) is 0 Å². The topological polar surface area (TPSA) is 12.0 Å². The van der Waals surface area contributed by atoms with Gasteiger partial charge in [0.1, 0.15) is 17.3 Å². The Morgan fingerprint density at radius 2 is 1.89 bits per heavy atom. The van der Waals surface area contributed by atoms with Crippen LogP contribution in [0.3, 0.4) is 0 Å². The standard InChI is InChI=1S/C13H12BrF2NS/c1-7-3-4-18-13(7)8(2)17-12-10(15)5-9(14)6-11(12)16/h3-6,8,17H,1-2H3. The molecular weight excluding hydrogens is 320 g/mol. The summed E-state index contributed by atoms with van der Waals surface area (Å²) in [6.45, 7) is 3.87. The lowest BCUT2D eigenvalue weighted by atomic mass is 10.1. The van der Waals surface area contributed by atoms with Crippen LogP contribution in [-0.4, -0.2) is 0 Å². The highest BCUT2D eigenvalue weighted by Gasteiger charge is 2.15. The second-order valence-electron chi connectivity index (χ2n) is 4.08. The average molecular weight is 332 g/mol.